The molecule has 0 bridgehead atoms. The Morgan fingerprint density at radius 1 is 1.00 bits per heavy atom. The summed E-state index contributed by atoms with van der Waals surface area (Å²) in [4.78, 5) is 0. The topological polar surface area (TPSA) is 0 Å². The van der Waals surface area contributed by atoms with E-state index in [-0.39, 0.29) is 0 Å². The molecule has 3 saturated heterocycles. The van der Waals surface area contributed by atoms with E-state index in [9.17, 15) is 0 Å². The first-order valence-electron chi connectivity index (χ1n) is 5.96. The summed E-state index contributed by atoms with van der Waals surface area (Å²) in [6.45, 7) is 0. The van der Waals surface area contributed by atoms with Crippen molar-refractivity contribution in [3.63, 3.8) is 0 Å². The standard InChI is InChI=1S/C11H18S4Se/c1-2-16-7-11(15-6-9-4-13-9)10(1)14-5-8-3-12-8/h8-11H,1-7H2. The summed E-state index contributed by atoms with van der Waals surface area (Å²) in [7, 11) is 0. The number of rotatable bonds is 6. The average molecular weight is 357 g/mol. The van der Waals surface area contributed by atoms with Crippen molar-refractivity contribution in [2.75, 3.05) is 23.0 Å². The average Bonchev–Trinajstić information content (AvgIpc) is 3.17. The van der Waals surface area contributed by atoms with Crippen molar-refractivity contribution in [2.24, 2.45) is 0 Å². The summed E-state index contributed by atoms with van der Waals surface area (Å²) in [5.74, 6) is 5.78. The Morgan fingerprint density at radius 3 is 2.25 bits per heavy atom. The van der Waals surface area contributed by atoms with Crippen LogP contribution in [0.4, 0.5) is 0 Å². The molecule has 0 aromatic carbocycles. The van der Waals surface area contributed by atoms with Crippen molar-refractivity contribution in [3.05, 3.63) is 0 Å². The Bertz CT molecular complexity index is 206. The molecule has 4 atom stereocenters. The van der Waals surface area contributed by atoms with Crippen molar-refractivity contribution >= 4 is 62.0 Å². The van der Waals surface area contributed by atoms with Gasteiger partial charge >= 0.3 is 123 Å². The molecule has 0 spiro atoms. The maximum atomic E-state index is 2.32. The molecule has 16 heavy (non-hydrogen) atoms. The SMILES string of the molecule is C1CC(SCC2CS2)C(SCC2CS2)C[Se]1. The van der Waals surface area contributed by atoms with Gasteiger partial charge in [0.2, 0.25) is 0 Å². The van der Waals surface area contributed by atoms with Crippen molar-refractivity contribution < 1.29 is 0 Å². The number of hydrogen-bond acceptors (Lipinski definition) is 4. The van der Waals surface area contributed by atoms with E-state index >= 15 is 0 Å². The molecule has 4 unspecified atom stereocenters. The summed E-state index contributed by atoms with van der Waals surface area (Å²) in [5.41, 5.74) is 0. The van der Waals surface area contributed by atoms with Crippen LogP contribution in [0.5, 0.6) is 0 Å². The molecule has 0 radical (unpaired) electrons. The van der Waals surface area contributed by atoms with Crippen molar-refractivity contribution in [1.82, 2.24) is 0 Å². The third-order valence-corrected chi connectivity index (χ3v) is 11.5. The molecule has 0 N–H and O–H groups in total. The van der Waals surface area contributed by atoms with E-state index in [1.54, 1.807) is 10.6 Å². The molecule has 5 heteroatoms. The van der Waals surface area contributed by atoms with Gasteiger partial charge in [0.1, 0.15) is 0 Å². The quantitative estimate of drug-likeness (QED) is 0.528. The van der Waals surface area contributed by atoms with Gasteiger partial charge in [-0.05, 0) is 0 Å². The van der Waals surface area contributed by atoms with Crippen LogP contribution in [0, 0.1) is 0 Å². The van der Waals surface area contributed by atoms with Crippen LogP contribution >= 0.6 is 47.0 Å². The fourth-order valence-electron chi connectivity index (χ4n) is 1.83. The summed E-state index contributed by atoms with van der Waals surface area (Å²) in [5, 5.41) is 7.20. The zero-order valence-electron chi connectivity index (χ0n) is 9.30. The van der Waals surface area contributed by atoms with E-state index in [1.165, 1.54) is 29.4 Å². The fraction of sp³-hybridized carbons (Fsp3) is 1.00. The first-order valence-corrected chi connectivity index (χ1v) is 12.6. The van der Waals surface area contributed by atoms with Gasteiger partial charge < -0.3 is 0 Å². The zero-order chi connectivity index (χ0) is 10.8. The second kappa shape index (κ2) is 6.38. The van der Waals surface area contributed by atoms with Gasteiger partial charge in [-0.15, -0.1) is 0 Å². The molecule has 0 aromatic rings. The van der Waals surface area contributed by atoms with Crippen LogP contribution in [0.1, 0.15) is 6.42 Å². The van der Waals surface area contributed by atoms with Crippen LogP contribution in [-0.2, 0) is 0 Å². The van der Waals surface area contributed by atoms with E-state index in [4.69, 9.17) is 0 Å². The minimum atomic E-state index is 0.972. The first kappa shape index (κ1) is 12.9. The van der Waals surface area contributed by atoms with Crippen LogP contribution in [0.3, 0.4) is 0 Å². The normalized spacial score (nSPS) is 42.0. The van der Waals surface area contributed by atoms with Gasteiger partial charge in [0.05, 0.1) is 0 Å². The number of thioether (sulfide) groups is 4. The van der Waals surface area contributed by atoms with Crippen LogP contribution in [0.2, 0.25) is 10.6 Å². The predicted octanol–water partition coefficient (Wildman–Crippen LogP) is 3.37. The Morgan fingerprint density at radius 2 is 1.62 bits per heavy atom. The monoisotopic (exact) mass is 358 g/mol. The Balaban J connectivity index is 1.42. The minimum absolute atomic E-state index is 0.972. The van der Waals surface area contributed by atoms with Crippen molar-refractivity contribution in [3.8, 4) is 0 Å². The van der Waals surface area contributed by atoms with E-state index in [0.29, 0.717) is 0 Å². The molecule has 0 aromatic heterocycles. The van der Waals surface area contributed by atoms with Crippen molar-refractivity contribution in [1.29, 1.82) is 0 Å². The molecule has 0 nitrogen and oxygen atoms in total. The Kier molecular flexibility index (Phi) is 5.16. The summed E-state index contributed by atoms with van der Waals surface area (Å²) in [6, 6.07) is 0. The zero-order valence-corrected chi connectivity index (χ0v) is 14.3. The Labute approximate surface area is 122 Å². The van der Waals surface area contributed by atoms with Crippen LogP contribution in [0.15, 0.2) is 0 Å². The molecular formula is C11H18S4Se. The molecule has 0 aliphatic carbocycles. The van der Waals surface area contributed by atoms with E-state index in [1.807, 2.05) is 0 Å². The van der Waals surface area contributed by atoms with E-state index in [2.05, 4.69) is 47.0 Å². The Hall–Kier alpha value is 1.92. The first-order chi connectivity index (χ1) is 7.92. The molecule has 3 rings (SSSR count). The fourth-order valence-corrected chi connectivity index (χ4v) is 10.5. The second-order valence-electron chi connectivity index (χ2n) is 4.52. The summed E-state index contributed by atoms with van der Waals surface area (Å²) in [6.07, 6.45) is 1.53. The van der Waals surface area contributed by atoms with Gasteiger partial charge in [-0.3, -0.25) is 0 Å². The van der Waals surface area contributed by atoms with E-state index < -0.39 is 0 Å². The maximum absolute atomic E-state index is 2.32. The predicted molar refractivity (Wildman–Crippen MR) is 85.0 cm³/mol. The van der Waals surface area contributed by atoms with Gasteiger partial charge in [-0.1, -0.05) is 0 Å². The summed E-state index contributed by atoms with van der Waals surface area (Å²) < 4.78 is 0. The van der Waals surface area contributed by atoms with Crippen molar-refractivity contribution in [2.45, 2.75) is 38.1 Å². The summed E-state index contributed by atoms with van der Waals surface area (Å²) >= 11 is 9.92. The van der Waals surface area contributed by atoms with E-state index in [0.717, 1.165) is 36.0 Å². The molecule has 3 aliphatic heterocycles. The third-order valence-electron chi connectivity index (χ3n) is 3.04. The molecule has 0 amide bonds. The van der Waals surface area contributed by atoms with Gasteiger partial charge in [0, 0.05) is 0 Å². The molecule has 92 valence electrons. The number of hydrogen-bond donors (Lipinski definition) is 0. The molecule has 0 saturated carbocycles. The molecular weight excluding hydrogens is 339 g/mol. The van der Waals surface area contributed by atoms with Crippen LogP contribution < -0.4 is 0 Å². The van der Waals surface area contributed by atoms with Gasteiger partial charge in [-0.2, -0.15) is 0 Å². The third kappa shape index (κ3) is 4.24. The second-order valence-corrected chi connectivity index (χ2v) is 12.1. The van der Waals surface area contributed by atoms with Crippen LogP contribution in [0.25, 0.3) is 0 Å². The van der Waals surface area contributed by atoms with Crippen LogP contribution in [-0.4, -0.2) is 59.0 Å². The van der Waals surface area contributed by atoms with Gasteiger partial charge in [-0.25, -0.2) is 0 Å². The molecule has 3 fully saturated rings. The molecule has 3 aliphatic rings. The van der Waals surface area contributed by atoms with Gasteiger partial charge in [0.25, 0.3) is 0 Å². The van der Waals surface area contributed by atoms with Gasteiger partial charge in [0.15, 0.2) is 0 Å². The molecule has 3 heterocycles.